The smallest absolute Gasteiger partial charge is 0.282 e. The highest BCUT2D eigenvalue weighted by molar-refractivity contribution is 7.86. The largest absolute Gasteiger partial charge is 0.312 e. The van der Waals surface area contributed by atoms with Crippen LogP contribution in [0.25, 0.3) is 0 Å². The highest BCUT2D eigenvalue weighted by Gasteiger charge is 2.37. The van der Waals surface area contributed by atoms with Crippen molar-refractivity contribution in [3.05, 3.63) is 0 Å². The molecular formula is C13H25N3O2S. The Balaban J connectivity index is 1.67. The second-order valence-corrected chi connectivity index (χ2v) is 7.94. The van der Waals surface area contributed by atoms with Gasteiger partial charge in [0.15, 0.2) is 0 Å². The lowest BCUT2D eigenvalue weighted by Gasteiger charge is -2.37. The molecule has 1 unspecified atom stereocenters. The van der Waals surface area contributed by atoms with Crippen LogP contribution in [0, 0.1) is 0 Å². The summed E-state index contributed by atoms with van der Waals surface area (Å²) in [4.78, 5) is 0. The fraction of sp³-hybridized carbons (Fsp3) is 1.00. The van der Waals surface area contributed by atoms with Crippen LogP contribution >= 0.6 is 0 Å². The molecule has 5 nitrogen and oxygen atoms in total. The van der Waals surface area contributed by atoms with Gasteiger partial charge in [0.25, 0.3) is 10.2 Å². The number of nitrogens with zero attached hydrogens (tertiary/aromatic N) is 2. The zero-order chi connectivity index (χ0) is 13.3. The lowest BCUT2D eigenvalue weighted by atomic mass is 10.1. The molecule has 3 fully saturated rings. The van der Waals surface area contributed by atoms with E-state index in [0.717, 1.165) is 38.6 Å². The summed E-state index contributed by atoms with van der Waals surface area (Å²) in [6.07, 6.45) is 7.70. The second kappa shape index (κ2) is 5.68. The van der Waals surface area contributed by atoms with E-state index < -0.39 is 10.2 Å². The molecular weight excluding hydrogens is 262 g/mol. The fourth-order valence-electron chi connectivity index (χ4n) is 3.14. The van der Waals surface area contributed by atoms with Crippen molar-refractivity contribution in [2.24, 2.45) is 0 Å². The van der Waals surface area contributed by atoms with Crippen molar-refractivity contribution >= 4 is 10.2 Å². The first-order valence-corrected chi connectivity index (χ1v) is 9.08. The molecule has 0 aromatic rings. The Hall–Kier alpha value is -0.170. The van der Waals surface area contributed by atoms with Crippen molar-refractivity contribution in [2.45, 2.75) is 57.0 Å². The molecule has 1 aliphatic carbocycles. The average molecular weight is 287 g/mol. The van der Waals surface area contributed by atoms with Crippen molar-refractivity contribution in [1.82, 2.24) is 13.9 Å². The quantitative estimate of drug-likeness (QED) is 0.818. The number of rotatable bonds is 5. The van der Waals surface area contributed by atoms with Crippen LogP contribution < -0.4 is 5.32 Å². The predicted octanol–water partition coefficient (Wildman–Crippen LogP) is 0.933. The van der Waals surface area contributed by atoms with Crippen LogP contribution in [0.5, 0.6) is 0 Å². The van der Waals surface area contributed by atoms with Crippen LogP contribution in [0.15, 0.2) is 0 Å². The minimum absolute atomic E-state index is 0.167. The van der Waals surface area contributed by atoms with Crippen molar-refractivity contribution in [1.29, 1.82) is 0 Å². The van der Waals surface area contributed by atoms with E-state index in [9.17, 15) is 8.42 Å². The Morgan fingerprint density at radius 2 is 1.63 bits per heavy atom. The van der Waals surface area contributed by atoms with Crippen molar-refractivity contribution in [2.75, 3.05) is 26.2 Å². The van der Waals surface area contributed by atoms with Gasteiger partial charge in [0, 0.05) is 38.3 Å². The van der Waals surface area contributed by atoms with Crippen LogP contribution in [0.4, 0.5) is 0 Å². The van der Waals surface area contributed by atoms with Gasteiger partial charge >= 0.3 is 0 Å². The Morgan fingerprint density at radius 1 is 0.947 bits per heavy atom. The third-order valence-corrected chi connectivity index (χ3v) is 6.57. The monoisotopic (exact) mass is 287 g/mol. The summed E-state index contributed by atoms with van der Waals surface area (Å²) in [6, 6.07) is 0.818. The number of piperidine rings is 1. The standard InChI is InChI=1S/C13H25N3O2S/c17-19(18,15-8-3-4-9-15)16-10-2-1-5-13(16)11-14-12-6-7-12/h12-14H,1-11H2. The lowest BCUT2D eigenvalue weighted by Crippen LogP contribution is -2.53. The van der Waals surface area contributed by atoms with Gasteiger partial charge in [0.05, 0.1) is 0 Å². The summed E-state index contributed by atoms with van der Waals surface area (Å²) >= 11 is 0. The van der Waals surface area contributed by atoms with E-state index in [1.165, 1.54) is 12.8 Å². The van der Waals surface area contributed by atoms with E-state index in [4.69, 9.17) is 0 Å². The van der Waals surface area contributed by atoms with Crippen LogP contribution in [0.1, 0.15) is 44.9 Å². The molecule has 0 bridgehead atoms. The first kappa shape index (κ1) is 13.8. The van der Waals surface area contributed by atoms with Crippen molar-refractivity contribution in [3.8, 4) is 0 Å². The molecule has 6 heteroatoms. The van der Waals surface area contributed by atoms with E-state index in [2.05, 4.69) is 5.32 Å². The third kappa shape index (κ3) is 3.12. The topological polar surface area (TPSA) is 52.7 Å². The maximum absolute atomic E-state index is 12.7. The predicted molar refractivity (Wildman–Crippen MR) is 75.1 cm³/mol. The molecule has 0 amide bonds. The van der Waals surface area contributed by atoms with Gasteiger partial charge in [0.1, 0.15) is 0 Å². The maximum atomic E-state index is 12.7. The van der Waals surface area contributed by atoms with Gasteiger partial charge in [-0.15, -0.1) is 0 Å². The van der Waals surface area contributed by atoms with E-state index in [1.54, 1.807) is 8.61 Å². The second-order valence-electron chi connectivity index (χ2n) is 6.06. The van der Waals surface area contributed by atoms with Gasteiger partial charge in [-0.3, -0.25) is 0 Å². The maximum Gasteiger partial charge on any atom is 0.282 e. The van der Waals surface area contributed by atoms with Crippen molar-refractivity contribution in [3.63, 3.8) is 0 Å². The first-order chi connectivity index (χ1) is 9.18. The van der Waals surface area contributed by atoms with Gasteiger partial charge in [-0.05, 0) is 38.5 Å². The Morgan fingerprint density at radius 3 is 2.32 bits per heavy atom. The number of hydrogen-bond acceptors (Lipinski definition) is 3. The summed E-state index contributed by atoms with van der Waals surface area (Å²) in [5.41, 5.74) is 0. The van der Waals surface area contributed by atoms with Gasteiger partial charge in [-0.1, -0.05) is 6.42 Å². The van der Waals surface area contributed by atoms with Crippen LogP contribution in [-0.2, 0) is 10.2 Å². The van der Waals surface area contributed by atoms with E-state index >= 15 is 0 Å². The summed E-state index contributed by atoms with van der Waals surface area (Å²) in [6.45, 7) is 2.96. The van der Waals surface area contributed by atoms with Gasteiger partial charge in [0.2, 0.25) is 0 Å². The SMILES string of the molecule is O=S(=O)(N1CCCC1)N1CCCCC1CNC1CC1. The van der Waals surface area contributed by atoms with Crippen LogP contribution in [0.2, 0.25) is 0 Å². The van der Waals surface area contributed by atoms with Crippen LogP contribution in [0.3, 0.4) is 0 Å². The number of hydrogen-bond donors (Lipinski definition) is 1. The zero-order valence-corrected chi connectivity index (χ0v) is 12.4. The summed E-state index contributed by atoms with van der Waals surface area (Å²) in [5, 5.41) is 3.49. The summed E-state index contributed by atoms with van der Waals surface area (Å²) < 4.78 is 28.8. The molecule has 1 saturated carbocycles. The molecule has 1 atom stereocenters. The van der Waals surface area contributed by atoms with E-state index in [1.807, 2.05) is 0 Å². The Bertz CT molecular complexity index is 402. The molecule has 19 heavy (non-hydrogen) atoms. The minimum atomic E-state index is -3.21. The molecule has 0 aromatic carbocycles. The fourth-order valence-corrected chi connectivity index (χ4v) is 5.07. The third-order valence-electron chi connectivity index (χ3n) is 4.48. The Labute approximate surface area is 116 Å². The van der Waals surface area contributed by atoms with Crippen molar-refractivity contribution < 1.29 is 8.42 Å². The normalized spacial score (nSPS) is 30.8. The lowest BCUT2D eigenvalue weighted by molar-refractivity contribution is 0.230. The molecule has 3 rings (SSSR count). The average Bonchev–Trinajstić information content (AvgIpc) is 3.07. The highest BCUT2D eigenvalue weighted by Crippen LogP contribution is 2.26. The van der Waals surface area contributed by atoms with Gasteiger partial charge in [-0.2, -0.15) is 17.0 Å². The molecule has 2 aliphatic heterocycles. The van der Waals surface area contributed by atoms with Gasteiger partial charge < -0.3 is 5.32 Å². The van der Waals surface area contributed by atoms with E-state index in [0.29, 0.717) is 25.7 Å². The molecule has 2 heterocycles. The van der Waals surface area contributed by atoms with E-state index in [-0.39, 0.29) is 6.04 Å². The molecule has 1 N–H and O–H groups in total. The summed E-state index contributed by atoms with van der Waals surface area (Å²) in [7, 11) is -3.21. The first-order valence-electron chi connectivity index (χ1n) is 7.68. The number of nitrogens with one attached hydrogen (secondary N) is 1. The molecule has 3 aliphatic rings. The molecule has 0 spiro atoms. The molecule has 110 valence electrons. The molecule has 0 aromatic heterocycles. The van der Waals surface area contributed by atoms with Gasteiger partial charge in [-0.25, -0.2) is 0 Å². The highest BCUT2D eigenvalue weighted by atomic mass is 32.2. The minimum Gasteiger partial charge on any atom is -0.312 e. The summed E-state index contributed by atoms with van der Waals surface area (Å²) in [5.74, 6) is 0. The zero-order valence-electron chi connectivity index (χ0n) is 11.6. The molecule has 0 radical (unpaired) electrons. The van der Waals surface area contributed by atoms with Crippen LogP contribution in [-0.4, -0.2) is 55.3 Å². The Kier molecular flexibility index (Phi) is 4.12. The molecule has 2 saturated heterocycles.